The highest BCUT2D eigenvalue weighted by Gasteiger charge is 2.23. The van der Waals surface area contributed by atoms with Crippen LogP contribution in [0.4, 0.5) is 4.79 Å². The van der Waals surface area contributed by atoms with Gasteiger partial charge in [0.05, 0.1) is 6.61 Å². The fourth-order valence-corrected chi connectivity index (χ4v) is 3.79. The molecule has 0 unspecified atom stereocenters. The number of carbonyl (C=O) groups is 3. The first-order valence-corrected chi connectivity index (χ1v) is 11.1. The zero-order chi connectivity index (χ0) is 22.9. The molecule has 0 aliphatic carbocycles. The van der Waals surface area contributed by atoms with Gasteiger partial charge >= 0.3 is 6.16 Å². The summed E-state index contributed by atoms with van der Waals surface area (Å²) in [7, 11) is 0. The van der Waals surface area contributed by atoms with Crippen molar-refractivity contribution in [2.45, 2.75) is 26.2 Å². The van der Waals surface area contributed by atoms with Gasteiger partial charge < -0.3 is 19.3 Å². The first kappa shape index (κ1) is 23.6. The topological polar surface area (TPSA) is 76.2 Å². The van der Waals surface area contributed by atoms with E-state index in [1.165, 1.54) is 0 Å². The molecular formula is C24H27ClN2O5. The van der Waals surface area contributed by atoms with Crippen LogP contribution in [-0.2, 0) is 16.0 Å². The van der Waals surface area contributed by atoms with E-state index in [1.807, 2.05) is 29.2 Å². The second-order valence-corrected chi connectivity index (χ2v) is 7.83. The van der Waals surface area contributed by atoms with Crippen LogP contribution in [0.25, 0.3) is 0 Å². The van der Waals surface area contributed by atoms with Gasteiger partial charge in [-0.1, -0.05) is 29.8 Å². The summed E-state index contributed by atoms with van der Waals surface area (Å²) in [6, 6.07) is 13.9. The largest absolute Gasteiger partial charge is 0.513 e. The number of benzene rings is 2. The van der Waals surface area contributed by atoms with Gasteiger partial charge in [-0.05, 0) is 55.7 Å². The molecule has 8 heteroatoms. The molecule has 2 aromatic rings. The van der Waals surface area contributed by atoms with E-state index >= 15 is 0 Å². The molecule has 1 saturated heterocycles. The molecule has 1 fully saturated rings. The lowest BCUT2D eigenvalue weighted by atomic mass is 10.1. The van der Waals surface area contributed by atoms with Crippen molar-refractivity contribution in [2.75, 3.05) is 32.8 Å². The Hall–Kier alpha value is -3.06. The number of halogens is 1. The minimum atomic E-state index is -0.779. The summed E-state index contributed by atoms with van der Waals surface area (Å²) >= 11 is 6.18. The highest BCUT2D eigenvalue weighted by atomic mass is 35.5. The molecule has 32 heavy (non-hydrogen) atoms. The van der Waals surface area contributed by atoms with Crippen LogP contribution in [0.3, 0.4) is 0 Å². The molecule has 0 aromatic heterocycles. The van der Waals surface area contributed by atoms with Gasteiger partial charge in [0.1, 0.15) is 5.75 Å². The molecule has 2 amide bonds. The molecule has 2 aromatic carbocycles. The Labute approximate surface area is 192 Å². The molecular weight excluding hydrogens is 432 g/mol. The van der Waals surface area contributed by atoms with Crippen LogP contribution in [0.5, 0.6) is 5.75 Å². The van der Waals surface area contributed by atoms with Crippen molar-refractivity contribution in [1.82, 2.24) is 9.80 Å². The zero-order valence-corrected chi connectivity index (χ0v) is 18.8. The Kier molecular flexibility index (Phi) is 8.50. The summed E-state index contributed by atoms with van der Waals surface area (Å²) in [6.07, 6.45) is 0.920. The Morgan fingerprint density at radius 3 is 2.34 bits per heavy atom. The van der Waals surface area contributed by atoms with Gasteiger partial charge in [0.15, 0.2) is 0 Å². The van der Waals surface area contributed by atoms with Crippen molar-refractivity contribution in [3.05, 3.63) is 64.7 Å². The summed E-state index contributed by atoms with van der Waals surface area (Å²) in [5.41, 5.74) is 1.46. The number of amides is 2. The molecule has 0 saturated carbocycles. The van der Waals surface area contributed by atoms with Crippen molar-refractivity contribution in [2.24, 2.45) is 0 Å². The lowest BCUT2D eigenvalue weighted by molar-refractivity contribution is -0.131. The maximum Gasteiger partial charge on any atom is 0.513 e. The Morgan fingerprint density at radius 1 is 0.938 bits per heavy atom. The van der Waals surface area contributed by atoms with Gasteiger partial charge in [0.2, 0.25) is 5.91 Å². The van der Waals surface area contributed by atoms with E-state index in [9.17, 15) is 14.4 Å². The van der Waals surface area contributed by atoms with Gasteiger partial charge in [-0.2, -0.15) is 0 Å². The minimum Gasteiger partial charge on any atom is -0.434 e. The van der Waals surface area contributed by atoms with Gasteiger partial charge in [-0.15, -0.1) is 0 Å². The van der Waals surface area contributed by atoms with Crippen molar-refractivity contribution in [1.29, 1.82) is 0 Å². The van der Waals surface area contributed by atoms with Gasteiger partial charge in [-0.3, -0.25) is 9.59 Å². The van der Waals surface area contributed by atoms with E-state index in [4.69, 9.17) is 21.1 Å². The van der Waals surface area contributed by atoms with Crippen LogP contribution in [0.2, 0.25) is 5.02 Å². The molecule has 0 N–H and O–H groups in total. The molecule has 1 aliphatic rings. The molecule has 1 heterocycles. The monoisotopic (exact) mass is 458 g/mol. The second kappa shape index (κ2) is 11.5. The molecule has 0 bridgehead atoms. The molecule has 3 rings (SSSR count). The zero-order valence-electron chi connectivity index (χ0n) is 18.1. The summed E-state index contributed by atoms with van der Waals surface area (Å²) in [6.45, 7) is 4.09. The van der Waals surface area contributed by atoms with Crippen molar-refractivity contribution >= 4 is 29.6 Å². The fourth-order valence-electron chi connectivity index (χ4n) is 3.56. The predicted octanol–water partition coefficient (Wildman–Crippen LogP) is 4.18. The SMILES string of the molecule is CCOC(=O)Oc1ccc(C(=O)N2CCCN(C(=O)CCc3ccccc3Cl)CC2)cc1. The molecule has 0 atom stereocenters. The highest BCUT2D eigenvalue weighted by Crippen LogP contribution is 2.18. The average Bonchev–Trinajstić information content (AvgIpc) is 3.05. The van der Waals surface area contributed by atoms with E-state index in [2.05, 4.69) is 0 Å². The van der Waals surface area contributed by atoms with Gasteiger partial charge in [0.25, 0.3) is 5.91 Å². The maximum atomic E-state index is 12.9. The van der Waals surface area contributed by atoms with Crippen LogP contribution in [0, 0.1) is 0 Å². The van der Waals surface area contributed by atoms with Crippen molar-refractivity contribution < 1.29 is 23.9 Å². The van der Waals surface area contributed by atoms with Gasteiger partial charge in [0, 0.05) is 43.2 Å². The Bertz CT molecular complexity index is 948. The van der Waals surface area contributed by atoms with Crippen LogP contribution < -0.4 is 4.74 Å². The van der Waals surface area contributed by atoms with E-state index in [-0.39, 0.29) is 18.4 Å². The summed E-state index contributed by atoms with van der Waals surface area (Å²) in [4.78, 5) is 40.5. The number of aryl methyl sites for hydroxylation is 1. The molecule has 170 valence electrons. The third kappa shape index (κ3) is 6.47. The van der Waals surface area contributed by atoms with Crippen LogP contribution in [0.15, 0.2) is 48.5 Å². The van der Waals surface area contributed by atoms with Crippen molar-refractivity contribution in [3.8, 4) is 5.75 Å². The quantitative estimate of drug-likeness (QED) is 0.479. The van der Waals surface area contributed by atoms with E-state index in [0.29, 0.717) is 61.8 Å². The number of nitrogens with zero attached hydrogens (tertiary/aromatic N) is 2. The number of carbonyl (C=O) groups excluding carboxylic acids is 3. The third-order valence-electron chi connectivity index (χ3n) is 5.27. The fraction of sp³-hybridized carbons (Fsp3) is 0.375. The lowest BCUT2D eigenvalue weighted by Crippen LogP contribution is -2.37. The second-order valence-electron chi connectivity index (χ2n) is 7.43. The number of ether oxygens (including phenoxy) is 2. The van der Waals surface area contributed by atoms with E-state index < -0.39 is 6.16 Å². The average molecular weight is 459 g/mol. The lowest BCUT2D eigenvalue weighted by Gasteiger charge is -2.22. The highest BCUT2D eigenvalue weighted by molar-refractivity contribution is 6.31. The standard InChI is InChI=1S/C24H27ClN2O5/c1-2-31-24(30)32-20-11-8-19(9-12-20)23(29)27-15-5-14-26(16-17-27)22(28)13-10-18-6-3-4-7-21(18)25/h3-4,6-9,11-12H,2,5,10,13-17H2,1H3. The molecule has 1 aliphatic heterocycles. The Morgan fingerprint density at radius 2 is 1.62 bits per heavy atom. The normalized spacial score (nSPS) is 13.9. The third-order valence-corrected chi connectivity index (χ3v) is 5.64. The van der Waals surface area contributed by atoms with Crippen molar-refractivity contribution in [3.63, 3.8) is 0 Å². The molecule has 7 nitrogen and oxygen atoms in total. The van der Waals surface area contributed by atoms with Crippen LogP contribution in [0.1, 0.15) is 35.7 Å². The number of hydrogen-bond donors (Lipinski definition) is 0. The summed E-state index contributed by atoms with van der Waals surface area (Å²) in [5, 5.41) is 0.673. The minimum absolute atomic E-state index is 0.0692. The van der Waals surface area contributed by atoms with Crippen LogP contribution >= 0.6 is 11.6 Å². The van der Waals surface area contributed by atoms with Gasteiger partial charge in [-0.25, -0.2) is 4.79 Å². The summed E-state index contributed by atoms with van der Waals surface area (Å²) < 4.78 is 9.75. The number of rotatable bonds is 6. The molecule has 0 radical (unpaired) electrons. The smallest absolute Gasteiger partial charge is 0.434 e. The maximum absolute atomic E-state index is 12.9. The Balaban J connectivity index is 1.51. The first-order valence-electron chi connectivity index (χ1n) is 10.7. The first-order chi connectivity index (χ1) is 15.5. The van der Waals surface area contributed by atoms with E-state index in [1.54, 1.807) is 36.1 Å². The van der Waals surface area contributed by atoms with Crippen LogP contribution in [-0.4, -0.2) is 60.6 Å². The summed E-state index contributed by atoms with van der Waals surface area (Å²) in [5.74, 6) is 0.267. The van der Waals surface area contributed by atoms with E-state index in [0.717, 1.165) is 5.56 Å². The molecule has 0 spiro atoms. The predicted molar refractivity (Wildman–Crippen MR) is 121 cm³/mol. The number of hydrogen-bond acceptors (Lipinski definition) is 5.